The summed E-state index contributed by atoms with van der Waals surface area (Å²) in [5.74, 6) is -0.0432. The number of hydrogen-bond acceptors (Lipinski definition) is 4. The Labute approximate surface area is 141 Å². The highest BCUT2D eigenvalue weighted by Gasteiger charge is 2.19. The van der Waals surface area contributed by atoms with Gasteiger partial charge in [-0.25, -0.2) is 13.1 Å². The molecular weight excluding hydrogens is 349 g/mol. The van der Waals surface area contributed by atoms with Crippen LogP contribution in [0.2, 0.25) is 5.02 Å². The normalized spacial score (nSPS) is 15.2. The van der Waals surface area contributed by atoms with E-state index in [1.807, 2.05) is 0 Å². The van der Waals surface area contributed by atoms with Gasteiger partial charge in [0.05, 0.1) is 5.02 Å². The zero-order valence-corrected chi connectivity index (χ0v) is 14.3. The summed E-state index contributed by atoms with van der Waals surface area (Å²) in [6, 6.07) is 6.21. The second-order valence-corrected chi connectivity index (χ2v) is 6.85. The fraction of sp³-hybridized carbons (Fsp3) is 0.462. The average molecular weight is 368 g/mol. The van der Waals surface area contributed by atoms with Gasteiger partial charge in [-0.15, -0.1) is 12.4 Å². The highest BCUT2D eigenvalue weighted by atomic mass is 35.5. The van der Waals surface area contributed by atoms with Crippen molar-refractivity contribution in [3.63, 3.8) is 0 Å². The number of carbonyl (C=O) groups is 1. The van der Waals surface area contributed by atoms with Gasteiger partial charge >= 0.3 is 0 Å². The Morgan fingerprint density at radius 3 is 2.55 bits per heavy atom. The number of nitrogens with zero attached hydrogens (tertiary/aromatic N) is 1. The van der Waals surface area contributed by atoms with Crippen molar-refractivity contribution in [3.05, 3.63) is 29.3 Å². The van der Waals surface area contributed by atoms with Gasteiger partial charge in [0.2, 0.25) is 15.9 Å². The highest BCUT2D eigenvalue weighted by Crippen LogP contribution is 2.19. The first-order valence-corrected chi connectivity index (χ1v) is 8.59. The average Bonchev–Trinajstić information content (AvgIpc) is 2.48. The largest absolute Gasteiger partial charge is 0.340 e. The molecule has 1 aromatic rings. The van der Waals surface area contributed by atoms with Gasteiger partial charge in [0.25, 0.3) is 0 Å². The van der Waals surface area contributed by atoms with Crippen LogP contribution in [0.5, 0.6) is 0 Å². The molecule has 6 nitrogen and oxygen atoms in total. The number of benzene rings is 1. The third-order valence-electron chi connectivity index (χ3n) is 3.23. The lowest BCUT2D eigenvalue weighted by Gasteiger charge is -2.27. The van der Waals surface area contributed by atoms with E-state index >= 15 is 0 Å². The van der Waals surface area contributed by atoms with E-state index in [1.54, 1.807) is 17.0 Å². The Balaban J connectivity index is 0.00000242. The van der Waals surface area contributed by atoms with Gasteiger partial charge in [0.15, 0.2) is 0 Å². The Hall–Kier alpha value is -0.860. The van der Waals surface area contributed by atoms with Gasteiger partial charge in [-0.2, -0.15) is 0 Å². The summed E-state index contributed by atoms with van der Waals surface area (Å²) in [5.41, 5.74) is 0. The predicted octanol–water partition coefficient (Wildman–Crippen LogP) is 0.862. The van der Waals surface area contributed by atoms with Crippen LogP contribution in [0.25, 0.3) is 0 Å². The van der Waals surface area contributed by atoms with Crippen molar-refractivity contribution >= 4 is 39.9 Å². The van der Waals surface area contributed by atoms with Crippen LogP contribution < -0.4 is 10.0 Å². The van der Waals surface area contributed by atoms with Gasteiger partial charge in [0.1, 0.15) is 4.90 Å². The van der Waals surface area contributed by atoms with Crippen LogP contribution in [-0.2, 0) is 14.8 Å². The van der Waals surface area contributed by atoms with Crippen molar-refractivity contribution in [2.75, 3.05) is 32.7 Å². The minimum atomic E-state index is -3.68. The third kappa shape index (κ3) is 5.10. The second kappa shape index (κ2) is 8.69. The maximum absolute atomic E-state index is 12.1. The van der Waals surface area contributed by atoms with E-state index in [9.17, 15) is 13.2 Å². The molecule has 0 radical (unpaired) electrons. The lowest BCUT2D eigenvalue weighted by Crippen LogP contribution is -2.47. The zero-order valence-electron chi connectivity index (χ0n) is 11.9. The van der Waals surface area contributed by atoms with Crippen molar-refractivity contribution in [1.29, 1.82) is 0 Å². The molecule has 1 saturated heterocycles. The molecule has 0 saturated carbocycles. The van der Waals surface area contributed by atoms with Gasteiger partial charge in [-0.1, -0.05) is 23.7 Å². The van der Waals surface area contributed by atoms with Crippen molar-refractivity contribution in [1.82, 2.24) is 14.9 Å². The molecule has 1 heterocycles. The molecule has 0 unspecified atom stereocenters. The smallest absolute Gasteiger partial charge is 0.242 e. The number of rotatable bonds is 5. The number of halogens is 2. The van der Waals surface area contributed by atoms with Crippen LogP contribution in [0.4, 0.5) is 0 Å². The van der Waals surface area contributed by atoms with E-state index in [0.29, 0.717) is 13.1 Å². The Bertz CT molecular complexity index is 604. The molecule has 0 bridgehead atoms. The Kier molecular flexibility index (Phi) is 7.58. The lowest BCUT2D eigenvalue weighted by atomic mass is 10.3. The summed E-state index contributed by atoms with van der Waals surface area (Å²) in [4.78, 5) is 13.7. The molecule has 9 heteroatoms. The quantitative estimate of drug-likeness (QED) is 0.808. The number of nitrogens with one attached hydrogen (secondary N) is 2. The van der Waals surface area contributed by atoms with E-state index < -0.39 is 10.0 Å². The monoisotopic (exact) mass is 367 g/mol. The first-order chi connectivity index (χ1) is 10.0. The van der Waals surface area contributed by atoms with Crippen LogP contribution in [0, 0.1) is 0 Å². The van der Waals surface area contributed by atoms with Crippen molar-refractivity contribution in [2.45, 2.75) is 11.3 Å². The molecule has 0 atom stereocenters. The summed E-state index contributed by atoms with van der Waals surface area (Å²) in [7, 11) is -3.68. The summed E-state index contributed by atoms with van der Waals surface area (Å²) in [6.45, 7) is 2.94. The van der Waals surface area contributed by atoms with E-state index in [2.05, 4.69) is 10.0 Å². The molecule has 124 valence electrons. The van der Waals surface area contributed by atoms with Crippen LogP contribution in [0.3, 0.4) is 0 Å². The molecule has 1 aliphatic heterocycles. The van der Waals surface area contributed by atoms with E-state index in [1.165, 1.54) is 12.1 Å². The second-order valence-electron chi connectivity index (χ2n) is 4.71. The molecular formula is C13H19Cl2N3O3S. The molecule has 2 N–H and O–H groups in total. The van der Waals surface area contributed by atoms with Crippen molar-refractivity contribution in [2.24, 2.45) is 0 Å². The summed E-state index contributed by atoms with van der Waals surface area (Å²) in [5, 5.41) is 3.32. The molecule has 0 aromatic heterocycles. The fourth-order valence-corrected chi connectivity index (χ4v) is 3.65. The summed E-state index contributed by atoms with van der Waals surface area (Å²) < 4.78 is 26.6. The minimum Gasteiger partial charge on any atom is -0.340 e. The fourth-order valence-electron chi connectivity index (χ4n) is 2.11. The maximum atomic E-state index is 12.1. The molecule has 0 aliphatic carbocycles. The van der Waals surface area contributed by atoms with Crippen molar-refractivity contribution in [3.8, 4) is 0 Å². The third-order valence-corrected chi connectivity index (χ3v) is 5.19. The van der Waals surface area contributed by atoms with Crippen LogP contribution in [0.15, 0.2) is 29.2 Å². The van der Waals surface area contributed by atoms with E-state index in [0.717, 1.165) is 13.1 Å². The first-order valence-electron chi connectivity index (χ1n) is 6.73. The van der Waals surface area contributed by atoms with Gasteiger partial charge in [0, 0.05) is 39.1 Å². The molecule has 1 aromatic carbocycles. The predicted molar refractivity (Wildman–Crippen MR) is 88.0 cm³/mol. The molecule has 22 heavy (non-hydrogen) atoms. The van der Waals surface area contributed by atoms with Gasteiger partial charge in [-0.05, 0) is 12.1 Å². The number of sulfonamides is 1. The number of hydrogen-bond donors (Lipinski definition) is 2. The molecule has 2 rings (SSSR count). The summed E-state index contributed by atoms with van der Waals surface area (Å²) >= 11 is 5.87. The Morgan fingerprint density at radius 2 is 1.91 bits per heavy atom. The molecule has 1 amide bonds. The number of carbonyl (C=O) groups excluding carboxylic acids is 1. The zero-order chi connectivity index (χ0) is 15.3. The molecule has 1 fully saturated rings. The van der Waals surface area contributed by atoms with E-state index in [4.69, 9.17) is 11.6 Å². The number of piperazine rings is 1. The topological polar surface area (TPSA) is 78.5 Å². The van der Waals surface area contributed by atoms with Crippen LogP contribution >= 0.6 is 24.0 Å². The minimum absolute atomic E-state index is 0. The van der Waals surface area contributed by atoms with Crippen molar-refractivity contribution < 1.29 is 13.2 Å². The number of amides is 1. The lowest BCUT2D eigenvalue weighted by molar-refractivity contribution is -0.131. The molecule has 0 spiro atoms. The Morgan fingerprint density at radius 1 is 1.27 bits per heavy atom. The van der Waals surface area contributed by atoms with Crippen LogP contribution in [-0.4, -0.2) is 51.9 Å². The molecule has 1 aliphatic rings. The standard InChI is InChI=1S/C13H18ClN3O3S.ClH/c14-11-3-1-2-4-12(11)21(19,20)16-6-5-13(18)17-9-7-15-8-10-17;/h1-4,15-16H,5-10H2;1H. The SMILES string of the molecule is Cl.O=C(CCNS(=O)(=O)c1ccccc1Cl)N1CCNCC1. The first kappa shape index (κ1) is 19.2. The highest BCUT2D eigenvalue weighted by molar-refractivity contribution is 7.89. The maximum Gasteiger partial charge on any atom is 0.242 e. The van der Waals surface area contributed by atoms with Crippen LogP contribution in [0.1, 0.15) is 6.42 Å². The summed E-state index contributed by atoms with van der Waals surface area (Å²) in [6.07, 6.45) is 0.143. The van der Waals surface area contributed by atoms with Gasteiger partial charge in [-0.3, -0.25) is 4.79 Å². The van der Waals surface area contributed by atoms with Gasteiger partial charge < -0.3 is 10.2 Å². The van der Waals surface area contributed by atoms with E-state index in [-0.39, 0.29) is 41.2 Å².